The predicted octanol–water partition coefficient (Wildman–Crippen LogP) is 6.10. The third kappa shape index (κ3) is 4.44. The van der Waals surface area contributed by atoms with Crippen LogP contribution < -0.4 is 11.1 Å². The summed E-state index contributed by atoms with van der Waals surface area (Å²) in [6.45, 7) is 0.917. The summed E-state index contributed by atoms with van der Waals surface area (Å²) in [5, 5.41) is 12.0. The van der Waals surface area contributed by atoms with Crippen LogP contribution in [-0.2, 0) is 6.42 Å². The summed E-state index contributed by atoms with van der Waals surface area (Å²) in [7, 11) is 0. The first-order chi connectivity index (χ1) is 17.4. The van der Waals surface area contributed by atoms with Gasteiger partial charge in [0.15, 0.2) is 0 Å². The second-order valence-electron chi connectivity index (χ2n) is 11.1. The van der Waals surface area contributed by atoms with Crippen LogP contribution >= 0.6 is 0 Å². The van der Waals surface area contributed by atoms with E-state index in [1.54, 1.807) is 24.3 Å². The van der Waals surface area contributed by atoms with Gasteiger partial charge in [0.25, 0.3) is 5.91 Å². The number of nitrogens with two attached hydrogens (primary N) is 1. The Balaban J connectivity index is 0.000000431. The molecule has 0 heterocycles. The number of nitrogens with one attached hydrogen (secondary N) is 1. The first-order valence-corrected chi connectivity index (χ1v) is 13.0. The highest BCUT2D eigenvalue weighted by Gasteiger charge is 2.62. The summed E-state index contributed by atoms with van der Waals surface area (Å²) in [6, 6.07) is 20.7. The minimum Gasteiger partial charge on any atom is -0.478 e. The van der Waals surface area contributed by atoms with Crippen LogP contribution in [0.15, 0.2) is 66.7 Å². The molecule has 3 aromatic carbocycles. The van der Waals surface area contributed by atoms with Crippen molar-refractivity contribution in [2.24, 2.45) is 23.0 Å². The minimum absolute atomic E-state index is 0.0789. The highest BCUT2D eigenvalue weighted by molar-refractivity contribution is 6.04. The second kappa shape index (κ2) is 8.90. The lowest BCUT2D eigenvalue weighted by Gasteiger charge is -2.27. The van der Waals surface area contributed by atoms with Crippen LogP contribution in [0, 0.1) is 17.3 Å². The average molecular weight is 481 g/mol. The van der Waals surface area contributed by atoms with Crippen molar-refractivity contribution in [3.05, 3.63) is 89.0 Å². The zero-order valence-corrected chi connectivity index (χ0v) is 20.4. The van der Waals surface area contributed by atoms with Gasteiger partial charge in [-0.05, 0) is 127 Å². The van der Waals surface area contributed by atoms with Crippen LogP contribution in [0.1, 0.15) is 69.9 Å². The largest absolute Gasteiger partial charge is 0.478 e. The van der Waals surface area contributed by atoms with Crippen LogP contribution in [0.5, 0.6) is 0 Å². The van der Waals surface area contributed by atoms with E-state index in [0.717, 1.165) is 40.8 Å². The van der Waals surface area contributed by atoms with Crippen LogP contribution in [0.4, 0.5) is 5.69 Å². The summed E-state index contributed by atoms with van der Waals surface area (Å²) >= 11 is 0. The molecular formula is C31H32N2O3. The number of carbonyl (C=O) groups is 2. The Morgan fingerprint density at radius 2 is 1.58 bits per heavy atom. The first kappa shape index (κ1) is 23.0. The zero-order chi connectivity index (χ0) is 24.9. The van der Waals surface area contributed by atoms with E-state index in [1.807, 2.05) is 30.3 Å². The topological polar surface area (TPSA) is 92.4 Å². The Labute approximate surface area is 211 Å². The molecule has 3 unspecified atom stereocenters. The lowest BCUT2D eigenvalue weighted by atomic mass is 9.78. The number of anilines is 1. The van der Waals surface area contributed by atoms with Gasteiger partial charge in [-0.2, -0.15) is 0 Å². The van der Waals surface area contributed by atoms with E-state index >= 15 is 0 Å². The quantitative estimate of drug-likeness (QED) is 0.411. The van der Waals surface area contributed by atoms with Crippen LogP contribution in [0.3, 0.4) is 0 Å². The van der Waals surface area contributed by atoms with Gasteiger partial charge in [-0.1, -0.05) is 30.3 Å². The van der Waals surface area contributed by atoms with Crippen molar-refractivity contribution in [3.8, 4) is 11.1 Å². The fourth-order valence-electron chi connectivity index (χ4n) is 6.22. The van der Waals surface area contributed by atoms with E-state index in [9.17, 15) is 9.59 Å². The molecule has 36 heavy (non-hydrogen) atoms. The molecule has 7 rings (SSSR count). The van der Waals surface area contributed by atoms with Crippen molar-refractivity contribution in [2.75, 3.05) is 11.9 Å². The number of amides is 1. The van der Waals surface area contributed by atoms with E-state index in [0.29, 0.717) is 11.3 Å². The molecule has 5 nitrogen and oxygen atoms in total. The van der Waals surface area contributed by atoms with Gasteiger partial charge in [0.1, 0.15) is 0 Å². The molecule has 0 aliphatic heterocycles. The maximum absolute atomic E-state index is 12.9. The summed E-state index contributed by atoms with van der Waals surface area (Å²) < 4.78 is 0. The standard InChI is InChI=1S/C27H23NO3.C4H9N/c29-25(19-5-6-20-13-27-14-21(24(20)12-19)11-22(27)15-27)28-23-9-7-17(8-10-23)16-1-3-18(4-2-16)26(30)31;5-3-4-1-2-4/h1-10,12,21-22H,11,13-15H2,(H,28,29)(H,30,31);4H,1-3,5H2. The third-order valence-electron chi connectivity index (χ3n) is 8.61. The molecule has 3 atom stereocenters. The Morgan fingerprint density at radius 3 is 2.19 bits per heavy atom. The Hall–Kier alpha value is -3.44. The molecule has 4 N–H and O–H groups in total. The molecule has 0 saturated heterocycles. The Bertz CT molecular complexity index is 1310. The van der Waals surface area contributed by atoms with Gasteiger partial charge in [0.2, 0.25) is 0 Å². The first-order valence-electron chi connectivity index (χ1n) is 13.0. The van der Waals surface area contributed by atoms with Gasteiger partial charge in [0.05, 0.1) is 5.56 Å². The summed E-state index contributed by atoms with van der Waals surface area (Å²) in [4.78, 5) is 23.9. The molecule has 2 bridgehead atoms. The third-order valence-corrected chi connectivity index (χ3v) is 8.61. The number of aromatic carboxylic acids is 1. The average Bonchev–Trinajstić information content (AvgIpc) is 3.82. The molecule has 4 aliphatic rings. The van der Waals surface area contributed by atoms with Gasteiger partial charge < -0.3 is 16.2 Å². The Morgan fingerprint density at radius 1 is 0.917 bits per heavy atom. The van der Waals surface area contributed by atoms with E-state index in [1.165, 1.54) is 49.7 Å². The molecular weight excluding hydrogens is 448 g/mol. The second-order valence-corrected chi connectivity index (χ2v) is 11.1. The van der Waals surface area contributed by atoms with Gasteiger partial charge >= 0.3 is 5.97 Å². The molecule has 3 saturated carbocycles. The maximum atomic E-state index is 12.9. The van der Waals surface area contributed by atoms with Crippen LogP contribution in [-0.4, -0.2) is 23.5 Å². The van der Waals surface area contributed by atoms with E-state index in [4.69, 9.17) is 10.8 Å². The number of carbonyl (C=O) groups excluding carboxylic acids is 1. The summed E-state index contributed by atoms with van der Waals surface area (Å²) in [6.07, 6.45) is 7.98. The summed E-state index contributed by atoms with van der Waals surface area (Å²) in [5.41, 5.74) is 12.3. The molecule has 184 valence electrons. The van der Waals surface area contributed by atoms with Crippen molar-refractivity contribution in [1.82, 2.24) is 0 Å². The summed E-state index contributed by atoms with van der Waals surface area (Å²) in [5.74, 6) is 1.46. The minimum atomic E-state index is -0.934. The maximum Gasteiger partial charge on any atom is 0.335 e. The van der Waals surface area contributed by atoms with Gasteiger partial charge in [-0.25, -0.2) is 4.79 Å². The monoisotopic (exact) mass is 480 g/mol. The number of carboxylic acids is 1. The molecule has 3 fully saturated rings. The van der Waals surface area contributed by atoms with Gasteiger partial charge in [-0.3, -0.25) is 4.79 Å². The highest BCUT2D eigenvalue weighted by Crippen LogP contribution is 2.71. The number of benzene rings is 3. The molecule has 1 spiro atoms. The lowest BCUT2D eigenvalue weighted by molar-refractivity contribution is 0.0696. The number of carboxylic acid groups (broad SMARTS) is 1. The van der Waals surface area contributed by atoms with Crippen LogP contribution in [0.25, 0.3) is 11.1 Å². The van der Waals surface area contributed by atoms with Gasteiger partial charge in [0, 0.05) is 11.3 Å². The zero-order valence-electron chi connectivity index (χ0n) is 20.4. The fourth-order valence-corrected chi connectivity index (χ4v) is 6.22. The Kier molecular flexibility index (Phi) is 5.68. The molecule has 3 aromatic rings. The van der Waals surface area contributed by atoms with Gasteiger partial charge in [-0.15, -0.1) is 0 Å². The van der Waals surface area contributed by atoms with Crippen molar-refractivity contribution in [3.63, 3.8) is 0 Å². The van der Waals surface area contributed by atoms with Crippen molar-refractivity contribution >= 4 is 17.6 Å². The normalized spacial score (nSPS) is 24.6. The fraction of sp³-hybridized carbons (Fsp3) is 0.355. The number of hydrogen-bond acceptors (Lipinski definition) is 3. The number of hydrogen-bond donors (Lipinski definition) is 3. The van der Waals surface area contributed by atoms with Crippen molar-refractivity contribution in [1.29, 1.82) is 0 Å². The molecule has 0 aromatic heterocycles. The SMILES string of the molecule is NCC1CC1.O=C(O)c1ccc(-c2ccc(NC(=O)c3ccc4c(c3)C3CC5CC5(C4)C3)cc2)cc1. The van der Waals surface area contributed by atoms with E-state index in [-0.39, 0.29) is 11.5 Å². The van der Waals surface area contributed by atoms with E-state index in [2.05, 4.69) is 17.4 Å². The number of fused-ring (bicyclic) bond motifs is 3. The van der Waals surface area contributed by atoms with Crippen molar-refractivity contribution in [2.45, 2.75) is 44.4 Å². The molecule has 0 radical (unpaired) electrons. The number of rotatable bonds is 5. The van der Waals surface area contributed by atoms with Crippen LogP contribution in [0.2, 0.25) is 0 Å². The molecule has 4 aliphatic carbocycles. The molecule has 1 amide bonds. The lowest BCUT2D eigenvalue weighted by Crippen LogP contribution is -2.18. The predicted molar refractivity (Wildman–Crippen MR) is 141 cm³/mol. The van der Waals surface area contributed by atoms with E-state index < -0.39 is 5.97 Å². The van der Waals surface area contributed by atoms with Crippen molar-refractivity contribution < 1.29 is 14.7 Å². The molecule has 5 heteroatoms. The smallest absolute Gasteiger partial charge is 0.335 e. The highest BCUT2D eigenvalue weighted by atomic mass is 16.4.